The molecule has 0 atom stereocenters. The summed E-state index contributed by atoms with van der Waals surface area (Å²) in [5.74, 6) is -2.32. The van der Waals surface area contributed by atoms with Gasteiger partial charge in [-0.25, -0.2) is 4.39 Å². The summed E-state index contributed by atoms with van der Waals surface area (Å²) in [6.07, 6.45) is -0.116. The minimum absolute atomic E-state index is 0.0351. The molecule has 3 N–H and O–H groups in total. The van der Waals surface area contributed by atoms with E-state index in [-0.39, 0.29) is 31.1 Å². The van der Waals surface area contributed by atoms with Gasteiger partial charge in [-0.2, -0.15) is 0 Å². The fourth-order valence-electron chi connectivity index (χ4n) is 1.38. The van der Waals surface area contributed by atoms with Crippen molar-refractivity contribution >= 4 is 17.8 Å². The van der Waals surface area contributed by atoms with Gasteiger partial charge in [-0.05, 0) is 17.7 Å². The number of benzene rings is 1. The molecule has 2 amide bonds. The first-order valence-electron chi connectivity index (χ1n) is 5.97. The van der Waals surface area contributed by atoms with Gasteiger partial charge in [0.2, 0.25) is 11.8 Å². The van der Waals surface area contributed by atoms with Crippen LogP contribution >= 0.6 is 0 Å². The van der Waals surface area contributed by atoms with Crippen LogP contribution in [0.5, 0.6) is 0 Å². The number of rotatable bonds is 7. The minimum Gasteiger partial charge on any atom is -0.480 e. The molecule has 0 fully saturated rings. The van der Waals surface area contributed by atoms with E-state index in [4.69, 9.17) is 5.11 Å². The Morgan fingerprint density at radius 3 is 2.10 bits per heavy atom. The van der Waals surface area contributed by atoms with Crippen molar-refractivity contribution in [3.63, 3.8) is 0 Å². The second kappa shape index (κ2) is 7.88. The summed E-state index contributed by atoms with van der Waals surface area (Å²) in [6.45, 7) is -0.216. The highest BCUT2D eigenvalue weighted by molar-refractivity contribution is 5.85. The third-order valence-corrected chi connectivity index (χ3v) is 2.42. The van der Waals surface area contributed by atoms with Crippen molar-refractivity contribution in [3.05, 3.63) is 35.6 Å². The third-order valence-electron chi connectivity index (χ3n) is 2.42. The van der Waals surface area contributed by atoms with Crippen LogP contribution in [0.15, 0.2) is 24.3 Å². The number of nitrogens with one attached hydrogen (secondary N) is 2. The van der Waals surface area contributed by atoms with Crippen LogP contribution in [0.2, 0.25) is 0 Å². The van der Waals surface area contributed by atoms with Gasteiger partial charge in [0.15, 0.2) is 0 Å². The van der Waals surface area contributed by atoms with E-state index in [0.29, 0.717) is 0 Å². The van der Waals surface area contributed by atoms with Gasteiger partial charge in [-0.3, -0.25) is 14.4 Å². The molecule has 6 nitrogen and oxygen atoms in total. The summed E-state index contributed by atoms with van der Waals surface area (Å²) in [7, 11) is 0. The fourth-order valence-corrected chi connectivity index (χ4v) is 1.38. The van der Waals surface area contributed by atoms with Crippen molar-refractivity contribution in [2.24, 2.45) is 0 Å². The average molecular weight is 282 g/mol. The molecule has 1 aromatic carbocycles. The van der Waals surface area contributed by atoms with Crippen LogP contribution in [0.1, 0.15) is 18.4 Å². The van der Waals surface area contributed by atoms with E-state index >= 15 is 0 Å². The number of carboxylic acid groups (broad SMARTS) is 1. The molecule has 0 unspecified atom stereocenters. The minimum atomic E-state index is -1.14. The van der Waals surface area contributed by atoms with Crippen LogP contribution in [0.3, 0.4) is 0 Å². The van der Waals surface area contributed by atoms with Crippen molar-refractivity contribution in [1.82, 2.24) is 10.6 Å². The van der Waals surface area contributed by atoms with E-state index in [1.807, 2.05) is 0 Å². The number of hydrogen-bond acceptors (Lipinski definition) is 3. The van der Waals surface area contributed by atoms with Crippen molar-refractivity contribution in [3.8, 4) is 0 Å². The number of amides is 2. The quantitative estimate of drug-likeness (QED) is 0.675. The van der Waals surface area contributed by atoms with Crippen LogP contribution in [-0.4, -0.2) is 29.4 Å². The van der Waals surface area contributed by atoms with E-state index in [1.54, 1.807) is 12.1 Å². The molecule has 0 aromatic heterocycles. The topological polar surface area (TPSA) is 95.5 Å². The number of carbonyl (C=O) groups is 3. The Hall–Kier alpha value is -2.44. The lowest BCUT2D eigenvalue weighted by molar-refractivity contribution is -0.138. The maximum absolute atomic E-state index is 12.7. The highest BCUT2D eigenvalue weighted by Crippen LogP contribution is 2.02. The molecule has 1 rings (SSSR count). The van der Waals surface area contributed by atoms with Gasteiger partial charge in [0.1, 0.15) is 12.4 Å². The van der Waals surface area contributed by atoms with Crippen LogP contribution < -0.4 is 10.6 Å². The second-order valence-corrected chi connectivity index (χ2v) is 4.07. The Morgan fingerprint density at radius 1 is 1.00 bits per heavy atom. The lowest BCUT2D eigenvalue weighted by Gasteiger charge is -2.05. The molecule has 0 radical (unpaired) electrons. The van der Waals surface area contributed by atoms with E-state index in [1.165, 1.54) is 12.1 Å². The zero-order chi connectivity index (χ0) is 15.0. The third kappa shape index (κ3) is 6.48. The number of halogens is 1. The average Bonchev–Trinajstić information content (AvgIpc) is 2.42. The van der Waals surface area contributed by atoms with E-state index < -0.39 is 18.4 Å². The summed E-state index contributed by atoms with van der Waals surface area (Å²) in [5.41, 5.74) is 0.745. The van der Waals surface area contributed by atoms with Gasteiger partial charge in [0, 0.05) is 19.4 Å². The lowest BCUT2D eigenvalue weighted by atomic mass is 10.2. The Labute approximate surface area is 115 Å². The van der Waals surface area contributed by atoms with E-state index in [2.05, 4.69) is 10.6 Å². The summed E-state index contributed by atoms with van der Waals surface area (Å²) in [5, 5.41) is 13.1. The maximum Gasteiger partial charge on any atom is 0.322 e. The lowest BCUT2D eigenvalue weighted by Crippen LogP contribution is -2.31. The van der Waals surface area contributed by atoms with Crippen molar-refractivity contribution in [1.29, 1.82) is 0 Å². The highest BCUT2D eigenvalue weighted by Gasteiger charge is 2.07. The molecule has 0 aliphatic heterocycles. The zero-order valence-electron chi connectivity index (χ0n) is 10.7. The smallest absolute Gasteiger partial charge is 0.322 e. The van der Waals surface area contributed by atoms with Crippen LogP contribution in [0.4, 0.5) is 4.39 Å². The van der Waals surface area contributed by atoms with Crippen molar-refractivity contribution in [2.75, 3.05) is 6.54 Å². The monoisotopic (exact) mass is 282 g/mol. The summed E-state index contributed by atoms with van der Waals surface area (Å²) in [4.78, 5) is 32.8. The first kappa shape index (κ1) is 15.6. The molecule has 0 saturated carbocycles. The maximum atomic E-state index is 12.7. The molecule has 0 saturated heterocycles. The molecule has 108 valence electrons. The Bertz CT molecular complexity index is 488. The molecule has 20 heavy (non-hydrogen) atoms. The summed E-state index contributed by atoms with van der Waals surface area (Å²) >= 11 is 0. The number of hydrogen-bond donors (Lipinski definition) is 3. The standard InChI is InChI=1S/C13H15FN2O4/c14-10-3-1-9(2-4-10)7-15-11(17)5-6-12(18)16-8-13(19)20/h1-4H,5-8H2,(H,15,17)(H,16,18)(H,19,20). The first-order valence-corrected chi connectivity index (χ1v) is 5.97. The molecule has 7 heteroatoms. The van der Waals surface area contributed by atoms with Crippen molar-refractivity contribution in [2.45, 2.75) is 19.4 Å². The Balaban J connectivity index is 2.21. The zero-order valence-corrected chi connectivity index (χ0v) is 10.7. The normalized spacial score (nSPS) is 9.85. The molecule has 0 aliphatic carbocycles. The van der Waals surface area contributed by atoms with Gasteiger partial charge in [-0.15, -0.1) is 0 Å². The fraction of sp³-hybridized carbons (Fsp3) is 0.308. The van der Waals surface area contributed by atoms with Crippen LogP contribution in [0.25, 0.3) is 0 Å². The molecule has 1 aromatic rings. The van der Waals surface area contributed by atoms with Gasteiger partial charge in [0.25, 0.3) is 0 Å². The number of carboxylic acids is 1. The molecule has 0 spiro atoms. The van der Waals surface area contributed by atoms with Gasteiger partial charge < -0.3 is 15.7 Å². The van der Waals surface area contributed by atoms with Crippen LogP contribution in [-0.2, 0) is 20.9 Å². The first-order chi connectivity index (χ1) is 9.47. The predicted molar refractivity (Wildman–Crippen MR) is 68.1 cm³/mol. The highest BCUT2D eigenvalue weighted by atomic mass is 19.1. The Morgan fingerprint density at radius 2 is 1.55 bits per heavy atom. The molecule has 0 aliphatic rings. The summed E-state index contributed by atoms with van der Waals surface area (Å²) in [6, 6.07) is 5.69. The van der Waals surface area contributed by atoms with E-state index in [9.17, 15) is 18.8 Å². The van der Waals surface area contributed by atoms with Gasteiger partial charge in [-0.1, -0.05) is 12.1 Å². The van der Waals surface area contributed by atoms with Gasteiger partial charge >= 0.3 is 5.97 Å². The van der Waals surface area contributed by atoms with Crippen molar-refractivity contribution < 1.29 is 23.9 Å². The number of aliphatic carboxylic acids is 1. The molecular formula is C13H15FN2O4. The SMILES string of the molecule is O=C(O)CNC(=O)CCC(=O)NCc1ccc(F)cc1. The number of carbonyl (C=O) groups excluding carboxylic acids is 2. The summed E-state index contributed by atoms with van der Waals surface area (Å²) < 4.78 is 12.7. The molecule has 0 bridgehead atoms. The van der Waals surface area contributed by atoms with Gasteiger partial charge in [0.05, 0.1) is 0 Å². The molecular weight excluding hydrogens is 267 g/mol. The largest absolute Gasteiger partial charge is 0.480 e. The Kier molecular flexibility index (Phi) is 6.15. The molecule has 0 heterocycles. The second-order valence-electron chi connectivity index (χ2n) is 4.07. The van der Waals surface area contributed by atoms with Crippen LogP contribution in [0, 0.1) is 5.82 Å². The van der Waals surface area contributed by atoms with E-state index in [0.717, 1.165) is 5.56 Å². The predicted octanol–water partition coefficient (Wildman–Crippen LogP) is 0.423.